The summed E-state index contributed by atoms with van der Waals surface area (Å²) in [6, 6.07) is 11.5. The first-order chi connectivity index (χ1) is 12.1. The second kappa shape index (κ2) is 7.75. The fraction of sp³-hybridized carbons (Fsp3) is 0.250. The van der Waals surface area contributed by atoms with Gasteiger partial charge in [-0.3, -0.25) is 14.6 Å². The molecule has 1 aromatic carbocycles. The van der Waals surface area contributed by atoms with E-state index in [0.29, 0.717) is 6.54 Å². The second-order valence-electron chi connectivity index (χ2n) is 6.05. The summed E-state index contributed by atoms with van der Waals surface area (Å²) in [5, 5.41) is 2.94. The van der Waals surface area contributed by atoms with Crippen molar-refractivity contribution in [3.05, 3.63) is 71.7 Å². The molecule has 0 bridgehead atoms. The molecule has 0 aliphatic carbocycles. The van der Waals surface area contributed by atoms with Gasteiger partial charge in [0.05, 0.1) is 12.5 Å². The van der Waals surface area contributed by atoms with Crippen LogP contribution in [0, 0.1) is 0 Å². The number of carbonyl (C=O) groups excluding carboxylic acids is 2. The molecule has 5 heteroatoms. The maximum Gasteiger partial charge on any atom is 0.223 e. The summed E-state index contributed by atoms with van der Waals surface area (Å²) in [5.41, 5.74) is 3.13. The molecule has 2 amide bonds. The standard InChI is InChI=1S/C20H21N3O2/c1-15(24)23-12-9-17-6-2-3-7-18(17)19(23)13-20(25)22-11-8-16-5-4-10-21-14-16/h2-7,9-10,12,14,19H,8,11,13H2,1H3,(H,22,25). The number of hydrogen-bond donors (Lipinski definition) is 1. The molecule has 25 heavy (non-hydrogen) atoms. The van der Waals surface area contributed by atoms with Crippen LogP contribution >= 0.6 is 0 Å². The highest BCUT2D eigenvalue weighted by molar-refractivity contribution is 5.81. The molecule has 3 rings (SSSR count). The number of rotatable bonds is 5. The first kappa shape index (κ1) is 16.9. The lowest BCUT2D eigenvalue weighted by molar-refractivity contribution is -0.129. The third-order valence-electron chi connectivity index (χ3n) is 4.31. The Hall–Kier alpha value is -2.95. The minimum Gasteiger partial charge on any atom is -0.356 e. The maximum absolute atomic E-state index is 12.4. The zero-order chi connectivity index (χ0) is 17.6. The molecular formula is C20H21N3O2. The van der Waals surface area contributed by atoms with Crippen molar-refractivity contribution in [3.63, 3.8) is 0 Å². The van der Waals surface area contributed by atoms with Crippen molar-refractivity contribution < 1.29 is 9.59 Å². The number of hydrogen-bond acceptors (Lipinski definition) is 3. The molecule has 0 saturated heterocycles. The molecule has 0 spiro atoms. The van der Waals surface area contributed by atoms with Gasteiger partial charge in [0.25, 0.3) is 0 Å². The van der Waals surface area contributed by atoms with E-state index in [2.05, 4.69) is 10.3 Å². The smallest absolute Gasteiger partial charge is 0.223 e. The van der Waals surface area contributed by atoms with E-state index in [1.54, 1.807) is 23.5 Å². The van der Waals surface area contributed by atoms with Gasteiger partial charge in [0.1, 0.15) is 0 Å². The van der Waals surface area contributed by atoms with Crippen LogP contribution < -0.4 is 5.32 Å². The largest absolute Gasteiger partial charge is 0.356 e. The molecule has 0 saturated carbocycles. The van der Waals surface area contributed by atoms with E-state index in [1.807, 2.05) is 42.5 Å². The molecule has 0 fully saturated rings. The molecule has 128 valence electrons. The van der Waals surface area contributed by atoms with Gasteiger partial charge in [-0.2, -0.15) is 0 Å². The van der Waals surface area contributed by atoms with Gasteiger partial charge in [0.2, 0.25) is 11.8 Å². The number of carbonyl (C=O) groups is 2. The van der Waals surface area contributed by atoms with Crippen LogP contribution in [0.4, 0.5) is 0 Å². The van der Waals surface area contributed by atoms with E-state index >= 15 is 0 Å². The average Bonchev–Trinajstić information content (AvgIpc) is 2.62. The number of pyridine rings is 1. The predicted molar refractivity (Wildman–Crippen MR) is 96.3 cm³/mol. The average molecular weight is 335 g/mol. The van der Waals surface area contributed by atoms with Gasteiger partial charge in [-0.25, -0.2) is 0 Å². The zero-order valence-corrected chi connectivity index (χ0v) is 14.2. The van der Waals surface area contributed by atoms with E-state index in [1.165, 1.54) is 6.92 Å². The van der Waals surface area contributed by atoms with Crippen LogP contribution in [0.2, 0.25) is 0 Å². The SMILES string of the molecule is CC(=O)N1C=Cc2ccccc2C1CC(=O)NCCc1cccnc1. The van der Waals surface area contributed by atoms with Gasteiger partial charge in [0.15, 0.2) is 0 Å². The summed E-state index contributed by atoms with van der Waals surface area (Å²) >= 11 is 0. The highest BCUT2D eigenvalue weighted by Crippen LogP contribution is 2.32. The lowest BCUT2D eigenvalue weighted by Crippen LogP contribution is -2.35. The van der Waals surface area contributed by atoms with Crippen LogP contribution in [0.25, 0.3) is 6.08 Å². The molecule has 2 heterocycles. The number of aromatic nitrogens is 1. The first-order valence-electron chi connectivity index (χ1n) is 8.37. The van der Waals surface area contributed by atoms with Crippen LogP contribution in [0.3, 0.4) is 0 Å². The quantitative estimate of drug-likeness (QED) is 0.914. The Balaban J connectivity index is 1.64. The third kappa shape index (κ3) is 4.12. The molecule has 0 radical (unpaired) electrons. The monoisotopic (exact) mass is 335 g/mol. The lowest BCUT2D eigenvalue weighted by Gasteiger charge is -2.32. The minimum atomic E-state index is -0.267. The molecule has 1 aliphatic rings. The van der Waals surface area contributed by atoms with Crippen molar-refractivity contribution in [2.75, 3.05) is 6.54 Å². The van der Waals surface area contributed by atoms with Gasteiger partial charge in [-0.1, -0.05) is 30.3 Å². The molecule has 1 N–H and O–H groups in total. The molecule has 5 nitrogen and oxygen atoms in total. The maximum atomic E-state index is 12.4. The number of amides is 2. The van der Waals surface area contributed by atoms with Crippen LogP contribution in [-0.4, -0.2) is 28.2 Å². The molecular weight excluding hydrogens is 314 g/mol. The summed E-state index contributed by atoms with van der Waals surface area (Å²) in [6.45, 7) is 2.07. The Morgan fingerprint density at radius 2 is 2.04 bits per heavy atom. The van der Waals surface area contributed by atoms with Gasteiger partial charge in [-0.05, 0) is 35.3 Å². The topological polar surface area (TPSA) is 62.3 Å². The van der Waals surface area contributed by atoms with Gasteiger partial charge in [0, 0.05) is 32.1 Å². The predicted octanol–water partition coefficient (Wildman–Crippen LogP) is 2.70. The molecule has 1 aliphatic heterocycles. The fourth-order valence-electron chi connectivity index (χ4n) is 3.05. The molecule has 1 unspecified atom stereocenters. The van der Waals surface area contributed by atoms with Crippen molar-refractivity contribution in [1.29, 1.82) is 0 Å². The lowest BCUT2D eigenvalue weighted by atomic mass is 9.93. The Kier molecular flexibility index (Phi) is 5.23. The fourth-order valence-corrected chi connectivity index (χ4v) is 3.05. The van der Waals surface area contributed by atoms with E-state index < -0.39 is 0 Å². The van der Waals surface area contributed by atoms with Crippen molar-refractivity contribution in [3.8, 4) is 0 Å². The Morgan fingerprint density at radius 1 is 1.20 bits per heavy atom. The van der Waals surface area contributed by atoms with E-state index in [4.69, 9.17) is 0 Å². The molecule has 2 aromatic rings. The highest BCUT2D eigenvalue weighted by atomic mass is 16.2. The number of fused-ring (bicyclic) bond motifs is 1. The van der Waals surface area contributed by atoms with Crippen molar-refractivity contribution in [1.82, 2.24) is 15.2 Å². The van der Waals surface area contributed by atoms with Crippen LogP contribution in [0.1, 0.15) is 36.1 Å². The Bertz CT molecular complexity index is 787. The summed E-state index contributed by atoms with van der Waals surface area (Å²) < 4.78 is 0. The van der Waals surface area contributed by atoms with E-state index in [0.717, 1.165) is 23.1 Å². The normalized spacial score (nSPS) is 15.6. The van der Waals surface area contributed by atoms with Crippen molar-refractivity contribution in [2.45, 2.75) is 25.8 Å². The van der Waals surface area contributed by atoms with Crippen LogP contribution in [-0.2, 0) is 16.0 Å². The number of nitrogens with zero attached hydrogens (tertiary/aromatic N) is 2. The van der Waals surface area contributed by atoms with Gasteiger partial charge < -0.3 is 10.2 Å². The molecule has 1 aromatic heterocycles. The summed E-state index contributed by atoms with van der Waals surface area (Å²) in [5.74, 6) is -0.135. The molecule has 1 atom stereocenters. The number of nitrogens with one attached hydrogen (secondary N) is 1. The van der Waals surface area contributed by atoms with Crippen LogP contribution in [0.5, 0.6) is 0 Å². The van der Waals surface area contributed by atoms with E-state index in [-0.39, 0.29) is 24.3 Å². The first-order valence-corrected chi connectivity index (χ1v) is 8.37. The van der Waals surface area contributed by atoms with Crippen molar-refractivity contribution in [2.24, 2.45) is 0 Å². The second-order valence-corrected chi connectivity index (χ2v) is 6.05. The van der Waals surface area contributed by atoms with Gasteiger partial charge in [-0.15, -0.1) is 0 Å². The Morgan fingerprint density at radius 3 is 2.80 bits per heavy atom. The summed E-state index contributed by atoms with van der Waals surface area (Å²) in [4.78, 5) is 30.0. The minimum absolute atomic E-state index is 0.0646. The zero-order valence-electron chi connectivity index (χ0n) is 14.2. The Labute approximate surface area is 147 Å². The van der Waals surface area contributed by atoms with Gasteiger partial charge >= 0.3 is 0 Å². The number of benzene rings is 1. The third-order valence-corrected chi connectivity index (χ3v) is 4.31. The van der Waals surface area contributed by atoms with E-state index in [9.17, 15) is 9.59 Å². The van der Waals surface area contributed by atoms with Crippen molar-refractivity contribution >= 4 is 17.9 Å². The highest BCUT2D eigenvalue weighted by Gasteiger charge is 2.27. The van der Waals surface area contributed by atoms with Crippen LogP contribution in [0.15, 0.2) is 55.0 Å². The summed E-state index contributed by atoms with van der Waals surface area (Å²) in [7, 11) is 0. The summed E-state index contributed by atoms with van der Waals surface area (Å²) in [6.07, 6.45) is 8.18.